The summed E-state index contributed by atoms with van der Waals surface area (Å²) in [5, 5.41) is 9.89. The maximum atomic E-state index is 11.9. The van der Waals surface area contributed by atoms with Gasteiger partial charge in [-0.25, -0.2) is 4.79 Å². The van der Waals surface area contributed by atoms with Crippen molar-refractivity contribution in [1.29, 1.82) is 0 Å². The topological polar surface area (TPSA) is 59.0 Å². The van der Waals surface area contributed by atoms with E-state index >= 15 is 0 Å². The van der Waals surface area contributed by atoms with Crippen LogP contribution in [0.5, 0.6) is 11.5 Å². The van der Waals surface area contributed by atoms with Gasteiger partial charge in [0.2, 0.25) is 0 Å². The van der Waals surface area contributed by atoms with Gasteiger partial charge in [0.1, 0.15) is 17.1 Å². The lowest BCUT2D eigenvalue weighted by molar-refractivity contribution is 0.0486. The quantitative estimate of drug-likeness (QED) is 0.251. The highest BCUT2D eigenvalue weighted by molar-refractivity contribution is 14.1. The second-order valence-electron chi connectivity index (χ2n) is 5.04. The van der Waals surface area contributed by atoms with Gasteiger partial charge in [-0.05, 0) is 43.0 Å². The zero-order valence-electron chi connectivity index (χ0n) is 15.2. The molecular weight excluding hydrogens is 421 g/mol. The van der Waals surface area contributed by atoms with E-state index in [9.17, 15) is 9.90 Å². The molecule has 0 bridgehead atoms. The van der Waals surface area contributed by atoms with Crippen molar-refractivity contribution in [2.75, 3.05) is 37.8 Å². The van der Waals surface area contributed by atoms with E-state index in [1.165, 1.54) is 12.1 Å². The first-order chi connectivity index (χ1) is 11.6. The SMILES string of the molecule is CCCOc1ccc(C(=O)OCCCN(CC)CC)c(O)c1.CI. The molecule has 0 heterocycles. The van der Waals surface area contributed by atoms with Gasteiger partial charge in [-0.1, -0.05) is 43.4 Å². The molecule has 5 nitrogen and oxygen atoms in total. The minimum Gasteiger partial charge on any atom is -0.507 e. The van der Waals surface area contributed by atoms with Gasteiger partial charge in [0.25, 0.3) is 0 Å². The number of esters is 1. The number of phenolic OH excluding ortho intramolecular Hbond substituents is 1. The number of aromatic hydroxyl groups is 1. The lowest BCUT2D eigenvalue weighted by Crippen LogP contribution is -2.25. The van der Waals surface area contributed by atoms with Gasteiger partial charge >= 0.3 is 5.97 Å². The largest absolute Gasteiger partial charge is 0.507 e. The number of hydrogen-bond donors (Lipinski definition) is 1. The molecule has 0 radical (unpaired) electrons. The average Bonchev–Trinajstić information content (AvgIpc) is 2.61. The maximum Gasteiger partial charge on any atom is 0.341 e. The Morgan fingerprint density at radius 2 is 1.83 bits per heavy atom. The number of carbonyl (C=O) groups is 1. The molecule has 1 rings (SSSR count). The minimum atomic E-state index is -0.501. The van der Waals surface area contributed by atoms with E-state index in [0.29, 0.717) is 19.0 Å². The fraction of sp³-hybridized carbons (Fsp3) is 0.611. The second-order valence-corrected chi connectivity index (χ2v) is 5.04. The molecule has 0 spiro atoms. The summed E-state index contributed by atoms with van der Waals surface area (Å²) in [6.07, 6.45) is 1.67. The number of hydrogen-bond acceptors (Lipinski definition) is 5. The van der Waals surface area contributed by atoms with E-state index in [0.717, 1.165) is 32.5 Å². The van der Waals surface area contributed by atoms with E-state index in [1.807, 2.05) is 11.9 Å². The number of nitrogens with zero attached hydrogens (tertiary/aromatic N) is 1. The summed E-state index contributed by atoms with van der Waals surface area (Å²) in [7, 11) is 0. The van der Waals surface area contributed by atoms with Crippen LogP contribution in [0.3, 0.4) is 0 Å². The molecule has 6 heteroatoms. The smallest absolute Gasteiger partial charge is 0.341 e. The molecule has 0 aliphatic carbocycles. The van der Waals surface area contributed by atoms with Gasteiger partial charge in [-0.15, -0.1) is 0 Å². The van der Waals surface area contributed by atoms with Crippen molar-refractivity contribution in [3.05, 3.63) is 23.8 Å². The van der Waals surface area contributed by atoms with Crippen LogP contribution in [0, 0.1) is 0 Å². The lowest BCUT2D eigenvalue weighted by Gasteiger charge is -2.17. The van der Waals surface area contributed by atoms with Gasteiger partial charge in [0.15, 0.2) is 0 Å². The average molecular weight is 451 g/mol. The van der Waals surface area contributed by atoms with Crippen LogP contribution in [-0.4, -0.2) is 53.8 Å². The first-order valence-electron chi connectivity index (χ1n) is 8.35. The predicted octanol–water partition coefficient (Wildman–Crippen LogP) is 4.12. The van der Waals surface area contributed by atoms with Crippen molar-refractivity contribution < 1.29 is 19.4 Å². The molecular formula is C18H30INO4. The van der Waals surface area contributed by atoms with Gasteiger partial charge in [-0.2, -0.15) is 0 Å². The molecule has 0 fully saturated rings. The fourth-order valence-corrected chi connectivity index (χ4v) is 2.06. The summed E-state index contributed by atoms with van der Waals surface area (Å²) in [6, 6.07) is 4.65. The number of benzene rings is 1. The molecule has 0 unspecified atom stereocenters. The Labute approximate surface area is 159 Å². The Balaban J connectivity index is 0.00000254. The van der Waals surface area contributed by atoms with Crippen molar-refractivity contribution in [2.24, 2.45) is 0 Å². The molecule has 1 N–H and O–H groups in total. The summed E-state index contributed by atoms with van der Waals surface area (Å²) in [5.74, 6) is -0.0566. The Morgan fingerprint density at radius 1 is 1.17 bits per heavy atom. The molecule has 0 atom stereocenters. The van der Waals surface area contributed by atoms with Gasteiger partial charge in [0, 0.05) is 12.6 Å². The summed E-state index contributed by atoms with van der Waals surface area (Å²) in [4.78, 5) is 16.2. The van der Waals surface area contributed by atoms with E-state index in [1.54, 1.807) is 6.07 Å². The molecule has 24 heavy (non-hydrogen) atoms. The third-order valence-corrected chi connectivity index (χ3v) is 3.41. The summed E-state index contributed by atoms with van der Waals surface area (Å²) < 4.78 is 10.6. The molecule has 0 aliphatic rings. The maximum absolute atomic E-state index is 11.9. The Kier molecular flexibility index (Phi) is 13.7. The highest BCUT2D eigenvalue weighted by atomic mass is 127. The molecule has 138 valence electrons. The first kappa shape index (κ1) is 23.0. The van der Waals surface area contributed by atoms with Crippen LogP contribution < -0.4 is 4.74 Å². The number of alkyl halides is 1. The summed E-state index contributed by atoms with van der Waals surface area (Å²) in [5.41, 5.74) is 0.173. The molecule has 0 aromatic heterocycles. The van der Waals surface area contributed by atoms with Crippen molar-refractivity contribution in [3.63, 3.8) is 0 Å². The fourth-order valence-electron chi connectivity index (χ4n) is 2.06. The Morgan fingerprint density at radius 3 is 2.38 bits per heavy atom. The second kappa shape index (κ2) is 14.3. The van der Waals surface area contributed by atoms with E-state index in [2.05, 4.69) is 41.3 Å². The number of halogens is 1. The molecule has 0 saturated heterocycles. The minimum absolute atomic E-state index is 0.109. The highest BCUT2D eigenvalue weighted by Crippen LogP contribution is 2.24. The Hall–Kier alpha value is -1.02. The third kappa shape index (κ3) is 8.73. The zero-order valence-corrected chi connectivity index (χ0v) is 17.3. The molecule has 1 aromatic rings. The normalized spacial score (nSPS) is 10.1. The lowest BCUT2D eigenvalue weighted by atomic mass is 10.2. The van der Waals surface area contributed by atoms with Gasteiger partial charge in [0.05, 0.1) is 13.2 Å². The van der Waals surface area contributed by atoms with Crippen LogP contribution in [0.25, 0.3) is 0 Å². The molecule has 0 amide bonds. The first-order valence-corrected chi connectivity index (χ1v) is 10.5. The number of phenols is 1. The van der Waals surface area contributed by atoms with E-state index in [4.69, 9.17) is 9.47 Å². The number of ether oxygens (including phenoxy) is 2. The number of rotatable bonds is 10. The van der Waals surface area contributed by atoms with Crippen LogP contribution in [0.15, 0.2) is 18.2 Å². The van der Waals surface area contributed by atoms with Crippen molar-refractivity contribution in [1.82, 2.24) is 4.90 Å². The third-order valence-electron chi connectivity index (χ3n) is 3.41. The molecule has 1 aromatic carbocycles. The van der Waals surface area contributed by atoms with Gasteiger partial charge in [-0.3, -0.25) is 0 Å². The van der Waals surface area contributed by atoms with Crippen LogP contribution in [0.2, 0.25) is 0 Å². The predicted molar refractivity (Wildman–Crippen MR) is 107 cm³/mol. The molecule has 0 saturated carbocycles. The van der Waals surface area contributed by atoms with Gasteiger partial charge < -0.3 is 19.5 Å². The van der Waals surface area contributed by atoms with Crippen molar-refractivity contribution >= 4 is 28.6 Å². The van der Waals surface area contributed by atoms with Crippen LogP contribution in [0.1, 0.15) is 44.0 Å². The summed E-state index contributed by atoms with van der Waals surface area (Å²) in [6.45, 7) is 10.0. The Bertz CT molecular complexity index is 464. The zero-order chi connectivity index (χ0) is 18.4. The summed E-state index contributed by atoms with van der Waals surface area (Å²) >= 11 is 2.15. The van der Waals surface area contributed by atoms with Crippen LogP contribution in [-0.2, 0) is 4.74 Å². The monoisotopic (exact) mass is 451 g/mol. The van der Waals surface area contributed by atoms with Crippen molar-refractivity contribution in [3.8, 4) is 11.5 Å². The standard InChI is InChI=1S/C17H27NO4.CH3I/c1-4-11-21-14-8-9-15(16(19)13-14)17(20)22-12-7-10-18(5-2)6-3;1-2/h8-9,13,19H,4-7,10-12H2,1-3H3;1H3. The molecule has 0 aliphatic heterocycles. The van der Waals surface area contributed by atoms with Crippen LogP contribution in [0.4, 0.5) is 0 Å². The number of carbonyl (C=O) groups excluding carboxylic acids is 1. The van der Waals surface area contributed by atoms with E-state index < -0.39 is 5.97 Å². The highest BCUT2D eigenvalue weighted by Gasteiger charge is 2.13. The van der Waals surface area contributed by atoms with Crippen molar-refractivity contribution in [2.45, 2.75) is 33.6 Å². The van der Waals surface area contributed by atoms with E-state index in [-0.39, 0.29) is 11.3 Å². The van der Waals surface area contributed by atoms with Crippen LogP contribution >= 0.6 is 22.6 Å².